The standard InChI is InChI=1S/C25H39NO4Si2/c1-18-15-16-25(21(30-32(7,8)9)20(18)24(2,3)4)22(29-31(5)6)23(27)26(25)28-17-19-13-11-10-12-14-19/h10-14,22,31H,1,15-17H2,2-9H3. The third kappa shape index (κ3) is 4.81. The summed E-state index contributed by atoms with van der Waals surface area (Å²) in [6, 6.07) is 9.94. The molecule has 1 heterocycles. The van der Waals surface area contributed by atoms with E-state index in [9.17, 15) is 4.79 Å². The monoisotopic (exact) mass is 473 g/mol. The predicted octanol–water partition coefficient (Wildman–Crippen LogP) is 5.57. The molecule has 176 valence electrons. The molecule has 32 heavy (non-hydrogen) atoms. The first-order chi connectivity index (χ1) is 14.8. The molecular formula is C25H39NO4Si2. The summed E-state index contributed by atoms with van der Waals surface area (Å²) in [5.41, 5.74) is 2.28. The maximum atomic E-state index is 13.3. The van der Waals surface area contributed by atoms with Gasteiger partial charge < -0.3 is 8.85 Å². The maximum absolute atomic E-state index is 13.3. The number of rotatable bonds is 7. The van der Waals surface area contributed by atoms with Gasteiger partial charge in [0.25, 0.3) is 5.91 Å². The van der Waals surface area contributed by atoms with E-state index in [1.807, 2.05) is 30.3 Å². The first-order valence-electron chi connectivity index (χ1n) is 11.6. The quantitative estimate of drug-likeness (QED) is 0.384. The molecule has 1 aliphatic carbocycles. The van der Waals surface area contributed by atoms with Crippen molar-refractivity contribution < 1.29 is 18.5 Å². The minimum atomic E-state index is -2.01. The fourth-order valence-electron chi connectivity index (χ4n) is 4.60. The molecule has 0 radical (unpaired) electrons. The van der Waals surface area contributed by atoms with Crippen molar-refractivity contribution in [1.82, 2.24) is 5.06 Å². The van der Waals surface area contributed by atoms with E-state index >= 15 is 0 Å². The number of carbonyl (C=O) groups excluding carboxylic acids is 1. The minimum Gasteiger partial charge on any atom is -0.545 e. The third-order valence-corrected chi connectivity index (χ3v) is 7.40. The Morgan fingerprint density at radius 1 is 1.19 bits per heavy atom. The van der Waals surface area contributed by atoms with Gasteiger partial charge in [-0.2, -0.15) is 0 Å². The van der Waals surface area contributed by atoms with Gasteiger partial charge in [-0.15, -0.1) is 0 Å². The van der Waals surface area contributed by atoms with Crippen LogP contribution in [0.1, 0.15) is 39.2 Å². The largest absolute Gasteiger partial charge is 0.545 e. The maximum Gasteiger partial charge on any atom is 0.278 e. The summed E-state index contributed by atoms with van der Waals surface area (Å²) in [4.78, 5) is 19.6. The van der Waals surface area contributed by atoms with E-state index in [2.05, 4.69) is 60.1 Å². The summed E-state index contributed by atoms with van der Waals surface area (Å²) in [5.74, 6) is 0.729. The second-order valence-electron chi connectivity index (χ2n) is 11.2. The lowest BCUT2D eigenvalue weighted by Gasteiger charge is -2.59. The molecule has 1 fully saturated rings. The molecule has 0 aromatic heterocycles. The van der Waals surface area contributed by atoms with Crippen molar-refractivity contribution in [1.29, 1.82) is 0 Å². The molecule has 2 atom stereocenters. The fourth-order valence-corrected chi connectivity index (χ4v) is 6.38. The molecule has 2 unspecified atom stereocenters. The summed E-state index contributed by atoms with van der Waals surface area (Å²) in [7, 11) is -3.50. The van der Waals surface area contributed by atoms with E-state index in [1.165, 1.54) is 0 Å². The Labute approximate surface area is 196 Å². The van der Waals surface area contributed by atoms with Crippen molar-refractivity contribution >= 4 is 23.3 Å². The Morgan fingerprint density at radius 2 is 1.81 bits per heavy atom. The fraction of sp³-hybridized carbons (Fsp3) is 0.560. The van der Waals surface area contributed by atoms with Crippen molar-refractivity contribution in [2.24, 2.45) is 5.41 Å². The Balaban J connectivity index is 2.12. The van der Waals surface area contributed by atoms with Crippen LogP contribution in [-0.4, -0.2) is 40.0 Å². The van der Waals surface area contributed by atoms with E-state index in [4.69, 9.17) is 13.7 Å². The zero-order valence-electron chi connectivity index (χ0n) is 21.0. The molecule has 0 N–H and O–H groups in total. The highest BCUT2D eigenvalue weighted by atomic mass is 28.4. The molecule has 5 nitrogen and oxygen atoms in total. The second kappa shape index (κ2) is 8.93. The average molecular weight is 474 g/mol. The van der Waals surface area contributed by atoms with Crippen LogP contribution >= 0.6 is 0 Å². The smallest absolute Gasteiger partial charge is 0.278 e. The number of allylic oxidation sites excluding steroid dienone is 2. The predicted molar refractivity (Wildman–Crippen MR) is 134 cm³/mol. The van der Waals surface area contributed by atoms with Crippen LogP contribution in [-0.2, 0) is 25.1 Å². The van der Waals surface area contributed by atoms with E-state index in [1.54, 1.807) is 5.06 Å². The summed E-state index contributed by atoms with van der Waals surface area (Å²) >= 11 is 0. The summed E-state index contributed by atoms with van der Waals surface area (Å²) < 4.78 is 13.2. The van der Waals surface area contributed by atoms with Gasteiger partial charge in [0.1, 0.15) is 12.4 Å². The molecule has 1 saturated heterocycles. The first-order valence-corrected chi connectivity index (χ1v) is 17.7. The molecule has 1 aromatic carbocycles. The van der Waals surface area contributed by atoms with Crippen LogP contribution in [0.4, 0.5) is 0 Å². The van der Waals surface area contributed by atoms with Crippen molar-refractivity contribution in [2.75, 3.05) is 0 Å². The lowest BCUT2D eigenvalue weighted by Crippen LogP contribution is -2.77. The second-order valence-corrected chi connectivity index (χ2v) is 18.0. The first kappa shape index (κ1) is 25.0. The van der Waals surface area contributed by atoms with Gasteiger partial charge in [0.05, 0.1) is 0 Å². The minimum absolute atomic E-state index is 0.112. The molecule has 0 bridgehead atoms. The van der Waals surface area contributed by atoms with E-state index in [-0.39, 0.29) is 11.3 Å². The Kier molecular flexibility index (Phi) is 6.96. The average Bonchev–Trinajstić information content (AvgIpc) is 2.66. The summed E-state index contributed by atoms with van der Waals surface area (Å²) in [5, 5.41) is 1.56. The number of nitrogens with zero attached hydrogens (tertiary/aromatic N) is 1. The number of β-lactam (4-membered cyclic amide) rings is 1. The number of hydrogen-bond acceptors (Lipinski definition) is 4. The van der Waals surface area contributed by atoms with Crippen molar-refractivity contribution in [2.45, 2.75) is 84.6 Å². The summed E-state index contributed by atoms with van der Waals surface area (Å²) in [6.07, 6.45) is 0.905. The molecule has 1 amide bonds. The zero-order chi connectivity index (χ0) is 23.9. The van der Waals surface area contributed by atoms with Crippen LogP contribution in [0.3, 0.4) is 0 Å². The lowest BCUT2D eigenvalue weighted by atomic mass is 9.66. The van der Waals surface area contributed by atoms with Gasteiger partial charge >= 0.3 is 0 Å². The van der Waals surface area contributed by atoms with Gasteiger partial charge in [-0.25, -0.2) is 5.06 Å². The Bertz CT molecular complexity index is 899. The number of benzene rings is 1. The molecule has 0 saturated carbocycles. The van der Waals surface area contributed by atoms with Gasteiger partial charge in [-0.3, -0.25) is 9.63 Å². The third-order valence-electron chi connectivity index (χ3n) is 5.77. The molecule has 1 aromatic rings. The number of hydrogen-bond donors (Lipinski definition) is 0. The van der Waals surface area contributed by atoms with Crippen LogP contribution in [0.15, 0.2) is 53.8 Å². The van der Waals surface area contributed by atoms with Gasteiger partial charge in [-0.1, -0.05) is 57.7 Å². The molecule has 7 heteroatoms. The van der Waals surface area contributed by atoms with Crippen molar-refractivity contribution in [3.8, 4) is 0 Å². The zero-order valence-corrected chi connectivity index (χ0v) is 23.1. The van der Waals surface area contributed by atoms with Crippen LogP contribution in [0.2, 0.25) is 32.7 Å². The van der Waals surface area contributed by atoms with Crippen LogP contribution in [0.25, 0.3) is 0 Å². The number of amides is 1. The van der Waals surface area contributed by atoms with E-state index in [0.717, 1.165) is 28.9 Å². The Morgan fingerprint density at radius 3 is 2.34 bits per heavy atom. The highest BCUT2D eigenvalue weighted by Gasteiger charge is 2.68. The van der Waals surface area contributed by atoms with Gasteiger partial charge in [0.15, 0.2) is 20.7 Å². The van der Waals surface area contributed by atoms with Crippen LogP contribution in [0.5, 0.6) is 0 Å². The highest BCUT2D eigenvalue weighted by Crippen LogP contribution is 2.54. The normalized spacial score (nSPS) is 24.4. The topological polar surface area (TPSA) is 48.0 Å². The lowest BCUT2D eigenvalue weighted by molar-refractivity contribution is -0.287. The Hall–Kier alpha value is -1.68. The van der Waals surface area contributed by atoms with Crippen molar-refractivity contribution in [3.63, 3.8) is 0 Å². The molecule has 1 aliphatic heterocycles. The molecule has 3 rings (SSSR count). The van der Waals surface area contributed by atoms with Gasteiger partial charge in [-0.05, 0) is 67.7 Å². The SMILES string of the molecule is C=C1CCC2(C(O[Si](C)(C)C)=C1C(C)(C)C)C(O[SiH](C)C)C(=O)N2OCc1ccccc1. The number of hydroxylamine groups is 2. The van der Waals surface area contributed by atoms with Crippen molar-refractivity contribution in [3.05, 3.63) is 59.4 Å². The molecule has 2 aliphatic rings. The highest BCUT2D eigenvalue weighted by molar-refractivity contribution is 6.70. The van der Waals surface area contributed by atoms with E-state index in [0.29, 0.717) is 13.0 Å². The van der Waals surface area contributed by atoms with Gasteiger partial charge in [0.2, 0.25) is 8.32 Å². The molecule has 1 spiro atoms. The summed E-state index contributed by atoms with van der Waals surface area (Å²) in [6.45, 7) is 22.0. The van der Waals surface area contributed by atoms with Gasteiger partial charge in [0, 0.05) is 0 Å². The number of carbonyl (C=O) groups is 1. The van der Waals surface area contributed by atoms with Crippen LogP contribution < -0.4 is 0 Å². The molecular weight excluding hydrogens is 434 g/mol. The van der Waals surface area contributed by atoms with E-state index < -0.39 is 29.0 Å². The van der Waals surface area contributed by atoms with Crippen LogP contribution in [0, 0.1) is 5.41 Å².